The predicted molar refractivity (Wildman–Crippen MR) is 71.6 cm³/mol. The average molecular weight is 275 g/mol. The summed E-state index contributed by atoms with van der Waals surface area (Å²) < 4.78 is 5.50. The van der Waals surface area contributed by atoms with Gasteiger partial charge >= 0.3 is 5.97 Å². The van der Waals surface area contributed by atoms with Gasteiger partial charge in [0.1, 0.15) is 18.3 Å². The molecule has 0 radical (unpaired) electrons. The van der Waals surface area contributed by atoms with Crippen LogP contribution in [0.2, 0.25) is 0 Å². The molecule has 1 aliphatic carbocycles. The van der Waals surface area contributed by atoms with Gasteiger partial charge in [0.25, 0.3) is 0 Å². The summed E-state index contributed by atoms with van der Waals surface area (Å²) in [7, 11) is 0. The van der Waals surface area contributed by atoms with Crippen molar-refractivity contribution in [3.05, 3.63) is 29.8 Å². The van der Waals surface area contributed by atoms with E-state index < -0.39 is 5.97 Å². The smallest absolute Gasteiger partial charge is 0.306 e. The van der Waals surface area contributed by atoms with Gasteiger partial charge in [-0.2, -0.15) is 0 Å². The van der Waals surface area contributed by atoms with Gasteiger partial charge in [-0.05, 0) is 25.3 Å². The number of nitrogens with one attached hydrogen (secondary N) is 1. The van der Waals surface area contributed by atoms with E-state index in [1.54, 1.807) is 0 Å². The molecule has 0 bridgehead atoms. The summed E-state index contributed by atoms with van der Waals surface area (Å²) in [5.41, 5.74) is 0.915. The zero-order valence-electron chi connectivity index (χ0n) is 11.0. The van der Waals surface area contributed by atoms with Crippen LogP contribution in [0.1, 0.15) is 30.7 Å². The van der Waals surface area contributed by atoms with Crippen LogP contribution in [0.4, 0.5) is 0 Å². The minimum atomic E-state index is -0.767. The lowest BCUT2D eigenvalue weighted by Crippen LogP contribution is -2.37. The molecule has 2 N–H and O–H groups in total. The highest BCUT2D eigenvalue weighted by atomic mass is 16.5. The molecule has 0 spiro atoms. The molecule has 1 aromatic carbocycles. The van der Waals surface area contributed by atoms with E-state index in [1.807, 2.05) is 24.3 Å². The van der Waals surface area contributed by atoms with Crippen molar-refractivity contribution < 1.29 is 19.4 Å². The van der Waals surface area contributed by atoms with E-state index in [9.17, 15) is 9.59 Å². The Labute approximate surface area is 116 Å². The summed E-state index contributed by atoms with van der Waals surface area (Å²) in [6, 6.07) is 7.51. The van der Waals surface area contributed by atoms with Gasteiger partial charge in [-0.25, -0.2) is 0 Å². The fraction of sp³-hybridized carbons (Fsp3) is 0.467. The van der Waals surface area contributed by atoms with Crippen molar-refractivity contribution in [3.8, 4) is 5.75 Å². The van der Waals surface area contributed by atoms with Crippen molar-refractivity contribution in [3.63, 3.8) is 0 Å². The fourth-order valence-corrected chi connectivity index (χ4v) is 3.02. The van der Waals surface area contributed by atoms with Crippen LogP contribution in [-0.4, -0.2) is 29.6 Å². The summed E-state index contributed by atoms with van der Waals surface area (Å²) in [4.78, 5) is 23.2. The molecule has 1 saturated carbocycles. The highest BCUT2D eigenvalue weighted by Crippen LogP contribution is 2.34. The van der Waals surface area contributed by atoms with Gasteiger partial charge in [-0.3, -0.25) is 9.59 Å². The number of benzene rings is 1. The van der Waals surface area contributed by atoms with Gasteiger partial charge in [0, 0.05) is 11.6 Å². The lowest BCUT2D eigenvalue weighted by molar-refractivity contribution is -0.141. The molecule has 5 nitrogen and oxygen atoms in total. The molecule has 3 atom stereocenters. The maximum Gasteiger partial charge on any atom is 0.306 e. The van der Waals surface area contributed by atoms with Crippen molar-refractivity contribution in [1.82, 2.24) is 5.32 Å². The largest absolute Gasteiger partial charge is 0.492 e. The third kappa shape index (κ3) is 2.35. The van der Waals surface area contributed by atoms with Crippen molar-refractivity contribution in [2.45, 2.75) is 31.2 Å². The third-order valence-corrected chi connectivity index (χ3v) is 4.14. The SMILES string of the molecule is O=C(O)C1CCC(NC(=O)C2COc3ccccc32)C1. The molecule has 0 saturated heterocycles. The van der Waals surface area contributed by atoms with Crippen molar-refractivity contribution in [2.75, 3.05) is 6.61 Å². The monoisotopic (exact) mass is 275 g/mol. The van der Waals surface area contributed by atoms with E-state index in [-0.39, 0.29) is 23.8 Å². The second-order valence-corrected chi connectivity index (χ2v) is 5.46. The molecule has 0 aromatic heterocycles. The molecular weight excluding hydrogens is 258 g/mol. The van der Waals surface area contributed by atoms with Crippen LogP contribution in [0.5, 0.6) is 5.75 Å². The molecule has 2 aliphatic rings. The summed E-state index contributed by atoms with van der Waals surface area (Å²) in [6.45, 7) is 0.361. The Kier molecular flexibility index (Phi) is 3.34. The van der Waals surface area contributed by atoms with Gasteiger partial charge < -0.3 is 15.2 Å². The van der Waals surface area contributed by atoms with Crippen LogP contribution in [0, 0.1) is 5.92 Å². The van der Waals surface area contributed by atoms with Gasteiger partial charge in [0.15, 0.2) is 0 Å². The molecule has 3 unspecified atom stereocenters. The number of carboxylic acid groups (broad SMARTS) is 1. The number of hydrogen-bond donors (Lipinski definition) is 2. The Bertz CT molecular complexity index is 542. The van der Waals surface area contributed by atoms with E-state index >= 15 is 0 Å². The molecular formula is C15H17NO4. The molecule has 3 rings (SSSR count). The van der Waals surface area contributed by atoms with E-state index in [2.05, 4.69) is 5.32 Å². The molecule has 20 heavy (non-hydrogen) atoms. The summed E-state index contributed by atoms with van der Waals surface area (Å²) in [5.74, 6) is -0.674. The Morgan fingerprint density at radius 1 is 1.25 bits per heavy atom. The van der Waals surface area contributed by atoms with Crippen LogP contribution < -0.4 is 10.1 Å². The topological polar surface area (TPSA) is 75.6 Å². The standard InChI is InChI=1S/C15H17NO4/c17-14(16-10-6-5-9(7-10)15(18)19)12-8-20-13-4-2-1-3-11(12)13/h1-4,9-10,12H,5-8H2,(H,16,17)(H,18,19). The number of amides is 1. The highest BCUT2D eigenvalue weighted by Gasteiger charge is 2.34. The Morgan fingerprint density at radius 2 is 2.05 bits per heavy atom. The first-order valence-corrected chi connectivity index (χ1v) is 6.90. The van der Waals surface area contributed by atoms with E-state index in [1.165, 1.54) is 0 Å². The number of carboxylic acids is 1. The van der Waals surface area contributed by atoms with Gasteiger partial charge in [0.2, 0.25) is 5.91 Å². The van der Waals surface area contributed by atoms with Crippen molar-refractivity contribution in [2.24, 2.45) is 5.92 Å². The second kappa shape index (κ2) is 5.15. The quantitative estimate of drug-likeness (QED) is 0.877. The predicted octanol–water partition coefficient (Wildman–Crippen LogP) is 1.53. The summed E-state index contributed by atoms with van der Waals surface area (Å²) in [5, 5.41) is 11.9. The lowest BCUT2D eigenvalue weighted by atomic mass is 10.00. The van der Waals surface area contributed by atoms with E-state index in [0.717, 1.165) is 17.7 Å². The van der Waals surface area contributed by atoms with Gasteiger partial charge in [-0.15, -0.1) is 0 Å². The number of carbonyl (C=O) groups excluding carboxylic acids is 1. The first-order valence-electron chi connectivity index (χ1n) is 6.90. The zero-order valence-corrected chi connectivity index (χ0v) is 11.0. The minimum absolute atomic E-state index is 0.0311. The molecule has 1 heterocycles. The van der Waals surface area contributed by atoms with Crippen molar-refractivity contribution in [1.29, 1.82) is 0 Å². The zero-order chi connectivity index (χ0) is 14.1. The van der Waals surface area contributed by atoms with Crippen molar-refractivity contribution >= 4 is 11.9 Å². The first kappa shape index (κ1) is 13.0. The summed E-state index contributed by atoms with van der Waals surface area (Å²) >= 11 is 0. The van der Waals surface area contributed by atoms with Gasteiger partial charge in [-0.1, -0.05) is 18.2 Å². The van der Waals surface area contributed by atoms with Gasteiger partial charge in [0.05, 0.1) is 5.92 Å². The maximum absolute atomic E-state index is 12.3. The lowest BCUT2D eigenvalue weighted by Gasteiger charge is -2.15. The number of fused-ring (bicyclic) bond motifs is 1. The average Bonchev–Trinajstić information content (AvgIpc) is 3.04. The Morgan fingerprint density at radius 3 is 2.80 bits per heavy atom. The maximum atomic E-state index is 12.3. The molecule has 1 aliphatic heterocycles. The number of para-hydroxylation sites is 1. The molecule has 5 heteroatoms. The second-order valence-electron chi connectivity index (χ2n) is 5.46. The number of aliphatic carboxylic acids is 1. The Hall–Kier alpha value is -2.04. The molecule has 106 valence electrons. The van der Waals surface area contributed by atoms with Crippen LogP contribution in [-0.2, 0) is 9.59 Å². The van der Waals surface area contributed by atoms with Crippen LogP contribution in [0.25, 0.3) is 0 Å². The molecule has 1 fully saturated rings. The number of rotatable bonds is 3. The van der Waals surface area contributed by atoms with Crippen LogP contribution in [0.15, 0.2) is 24.3 Å². The minimum Gasteiger partial charge on any atom is -0.492 e. The number of carbonyl (C=O) groups is 2. The van der Waals surface area contributed by atoms with Crippen LogP contribution >= 0.6 is 0 Å². The molecule has 1 aromatic rings. The molecule has 1 amide bonds. The highest BCUT2D eigenvalue weighted by molar-refractivity contribution is 5.85. The summed E-state index contributed by atoms with van der Waals surface area (Å²) in [6.07, 6.45) is 1.90. The fourth-order valence-electron chi connectivity index (χ4n) is 3.02. The van der Waals surface area contributed by atoms with E-state index in [0.29, 0.717) is 19.4 Å². The number of ether oxygens (including phenoxy) is 1. The number of hydrogen-bond acceptors (Lipinski definition) is 3. The third-order valence-electron chi connectivity index (χ3n) is 4.14. The van der Waals surface area contributed by atoms with E-state index in [4.69, 9.17) is 9.84 Å². The van der Waals surface area contributed by atoms with Crippen LogP contribution in [0.3, 0.4) is 0 Å². The Balaban J connectivity index is 1.63. The first-order chi connectivity index (χ1) is 9.65. The normalized spacial score (nSPS) is 27.7.